The van der Waals surface area contributed by atoms with Gasteiger partial charge in [-0.3, -0.25) is 4.99 Å². The van der Waals surface area contributed by atoms with Crippen molar-refractivity contribution in [1.82, 2.24) is 15.6 Å². The highest BCUT2D eigenvalue weighted by atomic mass is 32.1. The van der Waals surface area contributed by atoms with Crippen molar-refractivity contribution in [3.8, 4) is 0 Å². The highest BCUT2D eigenvalue weighted by Gasteiger charge is 2.04. The summed E-state index contributed by atoms with van der Waals surface area (Å²) in [5.41, 5.74) is 0.612. The van der Waals surface area contributed by atoms with Gasteiger partial charge in [0.15, 0.2) is 5.96 Å². The zero-order valence-corrected chi connectivity index (χ0v) is 12.3. The third kappa shape index (κ3) is 4.03. The van der Waals surface area contributed by atoms with Gasteiger partial charge < -0.3 is 10.6 Å². The van der Waals surface area contributed by atoms with E-state index in [0.717, 1.165) is 5.01 Å². The van der Waals surface area contributed by atoms with Crippen molar-refractivity contribution in [3.63, 3.8) is 0 Å². The maximum Gasteiger partial charge on any atom is 0.191 e. The SMILES string of the molecule is CN=C(NCc1ncc(C)s1)NCc1ccccc1F. The number of benzene rings is 1. The quantitative estimate of drug-likeness (QED) is 0.672. The second-order valence-corrected chi connectivity index (χ2v) is 5.55. The Morgan fingerprint density at radius 1 is 1.30 bits per heavy atom. The van der Waals surface area contributed by atoms with Crippen LogP contribution in [-0.2, 0) is 13.1 Å². The van der Waals surface area contributed by atoms with Gasteiger partial charge in [-0.1, -0.05) is 18.2 Å². The largest absolute Gasteiger partial charge is 0.352 e. The molecule has 0 fully saturated rings. The molecule has 20 heavy (non-hydrogen) atoms. The topological polar surface area (TPSA) is 49.3 Å². The number of aryl methyl sites for hydroxylation is 1. The van der Waals surface area contributed by atoms with Crippen molar-refractivity contribution in [1.29, 1.82) is 0 Å². The zero-order valence-electron chi connectivity index (χ0n) is 11.5. The summed E-state index contributed by atoms with van der Waals surface area (Å²) in [5, 5.41) is 7.23. The first-order valence-electron chi connectivity index (χ1n) is 6.28. The summed E-state index contributed by atoms with van der Waals surface area (Å²) in [5.74, 6) is 0.409. The second kappa shape index (κ2) is 7.00. The number of aliphatic imine (C=N–C) groups is 1. The lowest BCUT2D eigenvalue weighted by Gasteiger charge is -2.11. The van der Waals surface area contributed by atoms with Crippen LogP contribution in [0, 0.1) is 12.7 Å². The average Bonchev–Trinajstić information content (AvgIpc) is 2.86. The molecule has 0 bridgehead atoms. The second-order valence-electron chi connectivity index (χ2n) is 4.24. The molecule has 0 amide bonds. The fourth-order valence-electron chi connectivity index (χ4n) is 1.68. The molecule has 2 rings (SSSR count). The van der Waals surface area contributed by atoms with E-state index in [2.05, 4.69) is 20.6 Å². The highest BCUT2D eigenvalue weighted by Crippen LogP contribution is 2.10. The molecule has 1 aromatic carbocycles. The number of nitrogens with zero attached hydrogens (tertiary/aromatic N) is 2. The lowest BCUT2D eigenvalue weighted by molar-refractivity contribution is 0.604. The Balaban J connectivity index is 1.85. The Hall–Kier alpha value is -1.95. The van der Waals surface area contributed by atoms with E-state index >= 15 is 0 Å². The van der Waals surface area contributed by atoms with E-state index in [-0.39, 0.29) is 5.82 Å². The Labute approximate surface area is 121 Å². The van der Waals surface area contributed by atoms with Crippen LogP contribution in [0.1, 0.15) is 15.4 Å². The first kappa shape index (κ1) is 14.5. The fraction of sp³-hybridized carbons (Fsp3) is 0.286. The molecule has 0 unspecified atom stereocenters. The molecule has 0 spiro atoms. The first-order chi connectivity index (χ1) is 9.69. The van der Waals surface area contributed by atoms with Gasteiger partial charge in [0.25, 0.3) is 0 Å². The smallest absolute Gasteiger partial charge is 0.191 e. The summed E-state index contributed by atoms with van der Waals surface area (Å²) in [7, 11) is 1.68. The van der Waals surface area contributed by atoms with Gasteiger partial charge in [-0.25, -0.2) is 9.37 Å². The molecule has 2 N–H and O–H groups in total. The summed E-state index contributed by atoms with van der Waals surface area (Å²) in [6.07, 6.45) is 1.84. The summed E-state index contributed by atoms with van der Waals surface area (Å²) >= 11 is 1.64. The third-order valence-corrected chi connectivity index (χ3v) is 3.62. The van der Waals surface area contributed by atoms with E-state index in [0.29, 0.717) is 24.6 Å². The molecule has 4 nitrogen and oxygen atoms in total. The molecule has 6 heteroatoms. The molecule has 0 radical (unpaired) electrons. The third-order valence-electron chi connectivity index (χ3n) is 2.70. The van der Waals surface area contributed by atoms with Crippen molar-refractivity contribution in [2.24, 2.45) is 4.99 Å². The lowest BCUT2D eigenvalue weighted by atomic mass is 10.2. The summed E-state index contributed by atoms with van der Waals surface area (Å²) < 4.78 is 13.5. The monoisotopic (exact) mass is 292 g/mol. The number of rotatable bonds is 4. The van der Waals surface area contributed by atoms with E-state index in [1.807, 2.05) is 19.2 Å². The molecule has 0 atom stereocenters. The number of hydrogen-bond donors (Lipinski definition) is 2. The molecule has 106 valence electrons. The minimum Gasteiger partial charge on any atom is -0.352 e. The maximum atomic E-state index is 13.5. The first-order valence-corrected chi connectivity index (χ1v) is 7.10. The predicted octanol–water partition coefficient (Wildman–Crippen LogP) is 2.46. The van der Waals surface area contributed by atoms with Crippen molar-refractivity contribution in [3.05, 3.63) is 51.7 Å². The number of halogens is 1. The van der Waals surface area contributed by atoms with Crippen molar-refractivity contribution < 1.29 is 4.39 Å². The molecule has 0 saturated heterocycles. The minimum atomic E-state index is -0.217. The summed E-state index contributed by atoms with van der Waals surface area (Å²) in [6.45, 7) is 3.02. The predicted molar refractivity (Wildman–Crippen MR) is 80.3 cm³/mol. The van der Waals surface area contributed by atoms with Crippen LogP contribution >= 0.6 is 11.3 Å². The van der Waals surface area contributed by atoms with Crippen LogP contribution in [-0.4, -0.2) is 18.0 Å². The molecule has 0 saturated carbocycles. The zero-order chi connectivity index (χ0) is 14.4. The van der Waals surface area contributed by atoms with E-state index in [9.17, 15) is 4.39 Å². The van der Waals surface area contributed by atoms with Gasteiger partial charge in [-0.05, 0) is 13.0 Å². The maximum absolute atomic E-state index is 13.5. The van der Waals surface area contributed by atoms with E-state index in [4.69, 9.17) is 0 Å². The van der Waals surface area contributed by atoms with Gasteiger partial charge in [-0.2, -0.15) is 0 Å². The number of aromatic nitrogens is 1. The van der Waals surface area contributed by atoms with E-state index < -0.39 is 0 Å². The Bertz CT molecular complexity index is 594. The Morgan fingerprint density at radius 2 is 2.05 bits per heavy atom. The van der Waals surface area contributed by atoms with Crippen LogP contribution in [0.4, 0.5) is 4.39 Å². The van der Waals surface area contributed by atoms with Crippen molar-refractivity contribution >= 4 is 17.3 Å². The van der Waals surface area contributed by atoms with Gasteiger partial charge in [-0.15, -0.1) is 11.3 Å². The van der Waals surface area contributed by atoms with Gasteiger partial charge in [0.1, 0.15) is 10.8 Å². The van der Waals surface area contributed by atoms with Crippen LogP contribution < -0.4 is 10.6 Å². The number of thiazole rings is 1. The van der Waals surface area contributed by atoms with Crippen LogP contribution in [0.2, 0.25) is 0 Å². The van der Waals surface area contributed by atoms with Gasteiger partial charge in [0.05, 0.1) is 6.54 Å². The number of hydrogen-bond acceptors (Lipinski definition) is 3. The van der Waals surface area contributed by atoms with E-state index in [1.54, 1.807) is 30.5 Å². The van der Waals surface area contributed by atoms with Gasteiger partial charge in [0.2, 0.25) is 0 Å². The highest BCUT2D eigenvalue weighted by molar-refractivity contribution is 7.11. The molecule has 0 aliphatic rings. The van der Waals surface area contributed by atoms with Gasteiger partial charge >= 0.3 is 0 Å². The lowest BCUT2D eigenvalue weighted by Crippen LogP contribution is -2.36. The number of guanidine groups is 1. The summed E-state index contributed by atoms with van der Waals surface area (Å²) in [6, 6.07) is 6.69. The Kier molecular flexibility index (Phi) is 5.06. The molecule has 1 aromatic heterocycles. The van der Waals surface area contributed by atoms with Crippen LogP contribution in [0.25, 0.3) is 0 Å². The van der Waals surface area contributed by atoms with Gasteiger partial charge in [0, 0.05) is 30.2 Å². The standard InChI is InChI=1S/C14H17FN4S/c1-10-7-17-13(20-10)9-19-14(16-2)18-8-11-5-3-4-6-12(11)15/h3-7H,8-9H2,1-2H3,(H2,16,18,19). The summed E-state index contributed by atoms with van der Waals surface area (Å²) in [4.78, 5) is 9.55. The Morgan fingerprint density at radius 3 is 2.70 bits per heavy atom. The number of nitrogens with one attached hydrogen (secondary N) is 2. The molecule has 0 aliphatic heterocycles. The van der Waals surface area contributed by atoms with E-state index in [1.165, 1.54) is 10.9 Å². The molecule has 2 aromatic rings. The van der Waals surface area contributed by atoms with Crippen LogP contribution in [0.5, 0.6) is 0 Å². The normalized spacial score (nSPS) is 11.4. The van der Waals surface area contributed by atoms with Crippen molar-refractivity contribution in [2.75, 3.05) is 7.05 Å². The molecule has 0 aliphatic carbocycles. The minimum absolute atomic E-state index is 0.217. The molecular weight excluding hydrogens is 275 g/mol. The average molecular weight is 292 g/mol. The van der Waals surface area contributed by atoms with Crippen LogP contribution in [0.3, 0.4) is 0 Å². The van der Waals surface area contributed by atoms with Crippen molar-refractivity contribution in [2.45, 2.75) is 20.0 Å². The molecular formula is C14H17FN4S. The fourth-order valence-corrected chi connectivity index (χ4v) is 2.41. The van der Waals surface area contributed by atoms with Crippen LogP contribution in [0.15, 0.2) is 35.5 Å². The molecule has 1 heterocycles.